The second kappa shape index (κ2) is 15.6. The fourth-order valence-corrected chi connectivity index (χ4v) is 8.50. The van der Waals surface area contributed by atoms with Crippen LogP contribution in [0.4, 0.5) is 17.5 Å². The first-order valence-corrected chi connectivity index (χ1v) is 19.3. The number of benzene rings is 2. The molecular weight excluding hydrogens is 714 g/mol. The largest absolute Gasteiger partial charge is 0.497 e. The Balaban J connectivity index is 1.17. The number of hydrogen-bond acceptors (Lipinski definition) is 11. The van der Waals surface area contributed by atoms with Crippen molar-refractivity contribution in [3.63, 3.8) is 0 Å². The Morgan fingerprint density at radius 1 is 1.13 bits per heavy atom. The maximum absolute atomic E-state index is 12.7. The van der Waals surface area contributed by atoms with Gasteiger partial charge in [0.25, 0.3) is 0 Å². The van der Waals surface area contributed by atoms with Crippen LogP contribution in [-0.4, -0.2) is 55.6 Å². The Morgan fingerprint density at radius 2 is 1.88 bits per heavy atom. The molecule has 1 spiro atoms. The molecule has 0 bridgehead atoms. The minimum atomic E-state index is -1.50. The van der Waals surface area contributed by atoms with Crippen LogP contribution in [0.2, 0.25) is 5.02 Å². The van der Waals surface area contributed by atoms with Gasteiger partial charge in [0.2, 0.25) is 0 Å². The number of nitrogen functional groups attached to an aromatic ring is 2. The molecule has 2 aromatic heterocycles. The first kappa shape index (κ1) is 37.2. The molecule has 2 aliphatic rings. The summed E-state index contributed by atoms with van der Waals surface area (Å²) in [6, 6.07) is 15.9. The van der Waals surface area contributed by atoms with Crippen LogP contribution in [0.5, 0.6) is 5.75 Å². The van der Waals surface area contributed by atoms with E-state index in [1.54, 1.807) is 30.5 Å². The molecule has 2 atom stereocenters. The number of aromatic nitrogens is 3. The first-order valence-electron chi connectivity index (χ1n) is 16.9. The highest BCUT2D eigenvalue weighted by Gasteiger charge is 2.49. The van der Waals surface area contributed by atoms with Gasteiger partial charge in [-0.1, -0.05) is 53.4 Å². The smallest absolute Gasteiger partial charge is 0.180 e. The van der Waals surface area contributed by atoms with Crippen molar-refractivity contribution in [3.05, 3.63) is 88.2 Å². The van der Waals surface area contributed by atoms with E-state index in [2.05, 4.69) is 51.1 Å². The number of halogens is 1. The average Bonchev–Trinajstić information content (AvgIpc) is 3.41. The van der Waals surface area contributed by atoms with Gasteiger partial charge in [-0.2, -0.15) is 5.26 Å². The van der Waals surface area contributed by atoms with Gasteiger partial charge < -0.3 is 21.1 Å². The van der Waals surface area contributed by atoms with Crippen LogP contribution in [0.25, 0.3) is 0 Å². The maximum atomic E-state index is 12.7. The van der Waals surface area contributed by atoms with Gasteiger partial charge in [0.15, 0.2) is 12.0 Å². The van der Waals surface area contributed by atoms with Crippen LogP contribution >= 0.6 is 23.4 Å². The van der Waals surface area contributed by atoms with Crippen LogP contribution in [0, 0.1) is 28.7 Å². The highest BCUT2D eigenvalue weighted by molar-refractivity contribution is 7.99. The molecule has 0 amide bonds. The van der Waals surface area contributed by atoms with E-state index in [0.717, 1.165) is 55.0 Å². The fourth-order valence-electron chi connectivity index (χ4n) is 7.15. The summed E-state index contributed by atoms with van der Waals surface area (Å²) in [5.41, 5.74) is 16.7. The van der Waals surface area contributed by atoms with E-state index in [9.17, 15) is 9.47 Å². The van der Waals surface area contributed by atoms with Gasteiger partial charge in [-0.15, -0.1) is 0 Å². The van der Waals surface area contributed by atoms with Crippen LogP contribution in [-0.2, 0) is 24.0 Å². The molecule has 1 fully saturated rings. The quantitative estimate of drug-likeness (QED) is 0.0999. The molecule has 1 saturated heterocycles. The Morgan fingerprint density at radius 3 is 2.56 bits per heavy atom. The van der Waals surface area contributed by atoms with E-state index in [0.29, 0.717) is 40.3 Å². The highest BCUT2D eigenvalue weighted by Crippen LogP contribution is 2.56. The Hall–Kier alpha value is -4.53. The number of fused-ring (bicyclic) bond motifs is 1. The second-order valence-electron chi connectivity index (χ2n) is 13.9. The van der Waals surface area contributed by atoms with E-state index < -0.39 is 15.7 Å². The third-order valence-corrected chi connectivity index (χ3v) is 13.0. The summed E-state index contributed by atoms with van der Waals surface area (Å²) in [7, 11) is 0.130. The molecule has 1 aliphatic heterocycles. The number of nitrogens with two attached hydrogens (primary N) is 3. The van der Waals surface area contributed by atoms with Crippen molar-refractivity contribution in [1.82, 2.24) is 19.9 Å². The lowest BCUT2D eigenvalue weighted by Crippen LogP contribution is -2.45. The highest BCUT2D eigenvalue weighted by atomic mass is 35.5. The summed E-state index contributed by atoms with van der Waals surface area (Å²) in [5.74, 6) is 8.71. The molecule has 2 aromatic carbocycles. The molecule has 14 heteroatoms. The van der Waals surface area contributed by atoms with Gasteiger partial charge in [0, 0.05) is 29.7 Å². The molecular formula is C38H42ClN9O2S2. The standard InChI is InChI=1S/C38H42ClN9O2S2/c1-37(2,52(43)49)21-30-29-19-25(5-4-16-47(24-40)23-26-7-10-28(50-3)11-8-26)6-9-27(29)20-38(30)13-17-48(18-14-38)32-22-45-36(35(42)46-32)51-31-12-15-44-34(41)33(31)39/h6-12,15,19,22,30H,13-14,16-18,20-21,23,43H2,1-3H3,(H2,41,44)(H2,42,46)/t30-,52?/m1/s1. The topological polar surface area (TPSA) is 173 Å². The van der Waals surface area contributed by atoms with E-state index in [1.165, 1.54) is 22.9 Å². The van der Waals surface area contributed by atoms with Crippen LogP contribution in [0.1, 0.15) is 61.3 Å². The number of nitriles is 1. The zero-order chi connectivity index (χ0) is 37.0. The van der Waals surface area contributed by atoms with Crippen molar-refractivity contribution in [1.29, 1.82) is 5.26 Å². The summed E-state index contributed by atoms with van der Waals surface area (Å²) in [4.78, 5) is 17.9. The summed E-state index contributed by atoms with van der Waals surface area (Å²) < 4.78 is 17.4. The number of pyridine rings is 1. The molecule has 1 unspecified atom stereocenters. The van der Waals surface area contributed by atoms with Crippen LogP contribution < -0.4 is 26.2 Å². The SMILES string of the molecule is COc1ccc(CN(C#N)CC#Cc2ccc3c(c2)[C@@H](CC(C)(C)S(N)=O)C2(CCN(c4cnc(Sc5ccnc(N)c5Cl)c(N)n4)CC2)C3)cc1. The van der Waals surface area contributed by atoms with Crippen molar-refractivity contribution in [3.8, 4) is 23.8 Å². The average molecular weight is 756 g/mol. The van der Waals surface area contributed by atoms with Gasteiger partial charge in [0.05, 0.1) is 47.2 Å². The molecule has 0 radical (unpaired) electrons. The Bertz CT molecular complexity index is 2070. The lowest BCUT2D eigenvalue weighted by molar-refractivity contribution is 0.170. The number of anilines is 3. The van der Waals surface area contributed by atoms with Gasteiger partial charge in [-0.05, 0) is 97.9 Å². The molecule has 6 rings (SSSR count). The van der Waals surface area contributed by atoms with Crippen molar-refractivity contribution < 1.29 is 8.95 Å². The Kier molecular flexibility index (Phi) is 11.2. The minimum absolute atomic E-state index is 0.0374. The van der Waals surface area contributed by atoms with E-state index >= 15 is 0 Å². The molecule has 11 nitrogen and oxygen atoms in total. The molecule has 6 N–H and O–H groups in total. The zero-order valence-corrected chi connectivity index (χ0v) is 31.8. The number of nitrogens with zero attached hydrogens (tertiary/aromatic N) is 6. The van der Waals surface area contributed by atoms with Gasteiger partial charge in [-0.25, -0.2) is 19.2 Å². The first-order chi connectivity index (χ1) is 24.9. The summed E-state index contributed by atoms with van der Waals surface area (Å²) in [6.07, 6.45) is 9.03. The Labute approximate surface area is 316 Å². The van der Waals surface area contributed by atoms with E-state index in [4.69, 9.17) is 37.9 Å². The minimum Gasteiger partial charge on any atom is -0.497 e. The number of piperidine rings is 1. The molecule has 3 heterocycles. The van der Waals surface area contributed by atoms with E-state index in [1.807, 2.05) is 38.1 Å². The maximum Gasteiger partial charge on any atom is 0.180 e. The van der Waals surface area contributed by atoms with Crippen molar-refractivity contribution in [2.24, 2.45) is 10.6 Å². The predicted octanol–water partition coefficient (Wildman–Crippen LogP) is 5.90. The second-order valence-corrected chi connectivity index (χ2v) is 17.0. The van der Waals surface area contributed by atoms with Crippen LogP contribution in [0.3, 0.4) is 0 Å². The summed E-state index contributed by atoms with van der Waals surface area (Å²) in [6.45, 7) is 6.28. The van der Waals surface area contributed by atoms with Crippen molar-refractivity contribution in [2.45, 2.75) is 66.7 Å². The third-order valence-electron chi connectivity index (χ3n) is 10.1. The van der Waals surface area contributed by atoms with Gasteiger partial charge in [-0.3, -0.25) is 10.0 Å². The van der Waals surface area contributed by atoms with Crippen LogP contribution in [0.15, 0.2) is 70.8 Å². The summed E-state index contributed by atoms with van der Waals surface area (Å²) in [5, 5.41) is 16.7. The molecule has 52 heavy (non-hydrogen) atoms. The molecule has 270 valence electrons. The third kappa shape index (κ3) is 8.08. The number of hydrogen-bond donors (Lipinski definition) is 3. The van der Waals surface area contributed by atoms with Gasteiger partial charge in [0.1, 0.15) is 22.4 Å². The number of methoxy groups -OCH3 is 1. The van der Waals surface area contributed by atoms with E-state index in [-0.39, 0.29) is 17.2 Å². The fraction of sp³-hybridized carbons (Fsp3) is 0.368. The number of ether oxygens (including phenoxy) is 1. The molecule has 0 saturated carbocycles. The van der Waals surface area contributed by atoms with Crippen molar-refractivity contribution >= 4 is 51.8 Å². The normalized spacial score (nSPS) is 16.8. The summed E-state index contributed by atoms with van der Waals surface area (Å²) >= 11 is 7.64. The van der Waals surface area contributed by atoms with Crippen molar-refractivity contribution in [2.75, 3.05) is 43.1 Å². The van der Waals surface area contributed by atoms with Gasteiger partial charge >= 0.3 is 0 Å². The molecule has 4 aromatic rings. The number of rotatable bonds is 10. The lowest BCUT2D eigenvalue weighted by Gasteiger charge is -2.45. The lowest BCUT2D eigenvalue weighted by atomic mass is 9.66. The predicted molar refractivity (Wildman–Crippen MR) is 208 cm³/mol. The molecule has 1 aliphatic carbocycles. The monoisotopic (exact) mass is 755 g/mol. The zero-order valence-electron chi connectivity index (χ0n) is 29.4.